The van der Waals surface area contributed by atoms with Crippen LogP contribution in [0.4, 0.5) is 0 Å². The van der Waals surface area contributed by atoms with E-state index in [9.17, 15) is 5.11 Å². The maximum absolute atomic E-state index is 10.4. The number of aliphatic hydroxyl groups excluding tert-OH is 1. The Bertz CT molecular complexity index is 645. The first-order valence-electron chi connectivity index (χ1n) is 8.10. The van der Waals surface area contributed by atoms with Gasteiger partial charge in [0.1, 0.15) is 11.5 Å². The van der Waals surface area contributed by atoms with Gasteiger partial charge in [-0.25, -0.2) is 0 Å². The molecule has 0 unspecified atom stereocenters. The van der Waals surface area contributed by atoms with Gasteiger partial charge in [0.05, 0.1) is 19.5 Å². The Balaban J connectivity index is 1.65. The summed E-state index contributed by atoms with van der Waals surface area (Å²) in [6.45, 7) is 5.03. The summed E-state index contributed by atoms with van der Waals surface area (Å²) in [5.74, 6) is 1.86. The molecular weight excluding hydrogens is 290 g/mol. The smallest absolute Gasteiger partial charge is 0.118 e. The third-order valence-corrected chi connectivity index (χ3v) is 4.61. The van der Waals surface area contributed by atoms with Crippen LogP contribution in [0, 0.1) is 5.41 Å². The Morgan fingerprint density at radius 2 is 2.04 bits per heavy atom. The van der Waals surface area contributed by atoms with Crippen LogP contribution in [0.25, 0.3) is 0 Å². The highest BCUT2D eigenvalue weighted by atomic mass is 16.5. The summed E-state index contributed by atoms with van der Waals surface area (Å²) >= 11 is 0. The lowest BCUT2D eigenvalue weighted by Gasteiger charge is -2.35. The average molecular weight is 315 g/mol. The molecule has 0 radical (unpaired) electrons. The van der Waals surface area contributed by atoms with E-state index in [1.54, 1.807) is 13.4 Å². The minimum atomic E-state index is -0.540. The van der Waals surface area contributed by atoms with Crippen LogP contribution < -0.4 is 10.1 Å². The predicted molar refractivity (Wildman–Crippen MR) is 89.5 cm³/mol. The molecule has 4 nitrogen and oxygen atoms in total. The maximum Gasteiger partial charge on any atom is 0.118 e. The molecule has 0 amide bonds. The van der Waals surface area contributed by atoms with E-state index in [1.165, 1.54) is 5.56 Å². The van der Waals surface area contributed by atoms with E-state index in [-0.39, 0.29) is 11.5 Å². The van der Waals surface area contributed by atoms with E-state index in [4.69, 9.17) is 9.15 Å². The van der Waals surface area contributed by atoms with Crippen molar-refractivity contribution in [2.24, 2.45) is 5.41 Å². The molecule has 4 heteroatoms. The quantitative estimate of drug-likeness (QED) is 0.885. The van der Waals surface area contributed by atoms with Gasteiger partial charge in [-0.3, -0.25) is 0 Å². The minimum Gasteiger partial charge on any atom is -0.497 e. The Labute approximate surface area is 137 Å². The highest BCUT2D eigenvalue weighted by Gasteiger charge is 2.34. The first kappa shape index (κ1) is 16.1. The van der Waals surface area contributed by atoms with Crippen LogP contribution in [0.2, 0.25) is 0 Å². The molecule has 1 aliphatic rings. The van der Waals surface area contributed by atoms with Crippen molar-refractivity contribution in [3.05, 3.63) is 53.5 Å². The van der Waals surface area contributed by atoms with E-state index in [2.05, 4.69) is 19.2 Å². The molecule has 3 rings (SSSR count). The van der Waals surface area contributed by atoms with Gasteiger partial charge in [0.25, 0.3) is 0 Å². The summed E-state index contributed by atoms with van der Waals surface area (Å²) in [6, 6.07) is 9.81. The zero-order valence-electron chi connectivity index (χ0n) is 14.0. The van der Waals surface area contributed by atoms with E-state index in [0.29, 0.717) is 6.54 Å². The number of nitrogens with one attached hydrogen (secondary N) is 1. The number of rotatable bonds is 5. The van der Waals surface area contributed by atoms with E-state index >= 15 is 0 Å². The van der Waals surface area contributed by atoms with Crippen molar-refractivity contribution in [1.29, 1.82) is 0 Å². The normalized spacial score (nSPS) is 20.8. The van der Waals surface area contributed by atoms with Crippen molar-refractivity contribution >= 4 is 0 Å². The average Bonchev–Trinajstić information content (AvgIpc) is 2.99. The Kier molecular flexibility index (Phi) is 4.46. The van der Waals surface area contributed by atoms with Gasteiger partial charge in [-0.05, 0) is 35.6 Å². The second-order valence-corrected chi connectivity index (χ2v) is 7.09. The molecule has 0 spiro atoms. The zero-order valence-corrected chi connectivity index (χ0v) is 14.0. The fraction of sp³-hybridized carbons (Fsp3) is 0.474. The lowest BCUT2D eigenvalue weighted by atomic mass is 9.75. The van der Waals surface area contributed by atoms with Crippen molar-refractivity contribution in [3.8, 4) is 5.75 Å². The van der Waals surface area contributed by atoms with E-state index < -0.39 is 6.10 Å². The predicted octanol–water partition coefficient (Wildman–Crippen LogP) is 3.62. The van der Waals surface area contributed by atoms with Gasteiger partial charge in [-0.1, -0.05) is 26.0 Å². The molecule has 1 aromatic carbocycles. The van der Waals surface area contributed by atoms with Crippen LogP contribution in [0.3, 0.4) is 0 Å². The lowest BCUT2D eigenvalue weighted by Crippen LogP contribution is -2.34. The topological polar surface area (TPSA) is 54.6 Å². The number of hydrogen-bond donors (Lipinski definition) is 2. The highest BCUT2D eigenvalue weighted by Crippen LogP contribution is 2.41. The zero-order chi connectivity index (χ0) is 16.4. The molecule has 2 aromatic rings. The fourth-order valence-electron chi connectivity index (χ4n) is 3.35. The van der Waals surface area contributed by atoms with Crippen LogP contribution in [0.15, 0.2) is 41.0 Å². The van der Waals surface area contributed by atoms with Gasteiger partial charge in [-0.15, -0.1) is 0 Å². The van der Waals surface area contributed by atoms with Crippen LogP contribution >= 0.6 is 0 Å². The second-order valence-electron chi connectivity index (χ2n) is 7.09. The Morgan fingerprint density at radius 3 is 2.74 bits per heavy atom. The largest absolute Gasteiger partial charge is 0.497 e. The highest BCUT2D eigenvalue weighted by molar-refractivity contribution is 5.29. The van der Waals surface area contributed by atoms with Crippen molar-refractivity contribution in [2.75, 3.05) is 13.7 Å². The Hall–Kier alpha value is -1.78. The summed E-state index contributed by atoms with van der Waals surface area (Å²) in [5, 5.41) is 13.9. The number of benzene rings is 1. The van der Waals surface area contributed by atoms with Crippen molar-refractivity contribution in [3.63, 3.8) is 0 Å². The second kappa shape index (κ2) is 6.38. The van der Waals surface area contributed by atoms with E-state index in [0.717, 1.165) is 29.9 Å². The molecule has 0 saturated carbocycles. The van der Waals surface area contributed by atoms with Crippen LogP contribution in [-0.2, 0) is 6.42 Å². The van der Waals surface area contributed by atoms with Gasteiger partial charge in [-0.2, -0.15) is 0 Å². The van der Waals surface area contributed by atoms with Crippen LogP contribution in [0.1, 0.15) is 49.3 Å². The molecule has 0 bridgehead atoms. The maximum atomic E-state index is 10.4. The summed E-state index contributed by atoms with van der Waals surface area (Å²) in [5.41, 5.74) is 2.32. The van der Waals surface area contributed by atoms with Crippen LogP contribution in [0.5, 0.6) is 5.75 Å². The molecule has 0 fully saturated rings. The molecule has 1 aliphatic carbocycles. The molecule has 1 heterocycles. The van der Waals surface area contributed by atoms with E-state index in [1.807, 2.05) is 30.3 Å². The summed E-state index contributed by atoms with van der Waals surface area (Å²) in [6.07, 6.45) is 3.23. The fourth-order valence-corrected chi connectivity index (χ4v) is 3.35. The number of aliphatic hydroxyl groups is 1. The van der Waals surface area contributed by atoms with Crippen molar-refractivity contribution < 1.29 is 14.3 Å². The van der Waals surface area contributed by atoms with Crippen LogP contribution in [-0.4, -0.2) is 18.8 Å². The first-order chi connectivity index (χ1) is 11.0. The molecule has 23 heavy (non-hydrogen) atoms. The number of hydrogen-bond acceptors (Lipinski definition) is 4. The number of fused-ring (bicyclic) bond motifs is 1. The summed E-state index contributed by atoms with van der Waals surface area (Å²) < 4.78 is 10.8. The van der Waals surface area contributed by atoms with Crippen molar-refractivity contribution in [1.82, 2.24) is 5.32 Å². The van der Waals surface area contributed by atoms with Gasteiger partial charge < -0.3 is 19.6 Å². The first-order valence-corrected chi connectivity index (χ1v) is 8.10. The summed E-state index contributed by atoms with van der Waals surface area (Å²) in [7, 11) is 1.64. The molecule has 124 valence electrons. The SMILES string of the molecule is COc1ccc([C@H](O)CN[C@H]2CC(C)(C)Cc3occc32)cc1. The minimum absolute atomic E-state index is 0.202. The van der Waals surface area contributed by atoms with Gasteiger partial charge in [0, 0.05) is 24.6 Å². The number of furan rings is 1. The molecule has 2 atom stereocenters. The number of ether oxygens (including phenoxy) is 1. The van der Waals surface area contributed by atoms with Crippen molar-refractivity contribution in [2.45, 2.75) is 38.8 Å². The number of methoxy groups -OCH3 is 1. The summed E-state index contributed by atoms with van der Waals surface area (Å²) in [4.78, 5) is 0. The lowest BCUT2D eigenvalue weighted by molar-refractivity contribution is 0.157. The molecule has 0 saturated heterocycles. The standard InChI is InChI=1S/C19H25NO3/c1-19(2)10-16(15-8-9-23-18(15)11-19)20-12-17(21)13-4-6-14(22-3)7-5-13/h4-9,16-17,20-21H,10-12H2,1-3H3/t16-,17+/m0/s1. The van der Waals surface area contributed by atoms with Gasteiger partial charge in [0.2, 0.25) is 0 Å². The molecule has 2 N–H and O–H groups in total. The third kappa shape index (κ3) is 3.59. The van der Waals surface area contributed by atoms with Gasteiger partial charge >= 0.3 is 0 Å². The van der Waals surface area contributed by atoms with Gasteiger partial charge in [0.15, 0.2) is 0 Å². The molecule has 1 aromatic heterocycles. The monoisotopic (exact) mass is 315 g/mol. The molecular formula is C19H25NO3. The molecule has 0 aliphatic heterocycles. The third-order valence-electron chi connectivity index (χ3n) is 4.61. The Morgan fingerprint density at radius 1 is 1.30 bits per heavy atom.